The molecule has 0 bridgehead atoms. The van der Waals surface area contributed by atoms with Crippen molar-refractivity contribution in [1.29, 1.82) is 0 Å². The number of pyridine rings is 1. The van der Waals surface area contributed by atoms with E-state index in [0.717, 1.165) is 77.4 Å². The van der Waals surface area contributed by atoms with Gasteiger partial charge in [-0.15, -0.1) is 0 Å². The van der Waals surface area contributed by atoms with E-state index in [0.29, 0.717) is 17.5 Å². The second kappa shape index (κ2) is 15.0. The van der Waals surface area contributed by atoms with Gasteiger partial charge in [-0.2, -0.15) is 0 Å². The van der Waals surface area contributed by atoms with E-state index in [1.807, 2.05) is 42.5 Å². The maximum absolute atomic E-state index is 5.16. The molecule has 9 aromatic carbocycles. The number of aromatic nitrogens is 4. The Hall–Kier alpha value is -8.08. The summed E-state index contributed by atoms with van der Waals surface area (Å²) in [5, 5.41) is 5.77. The van der Waals surface area contributed by atoms with Crippen LogP contribution in [0.15, 0.2) is 218 Å². The molecule has 0 fully saturated rings. The van der Waals surface area contributed by atoms with Gasteiger partial charge in [0.05, 0.1) is 11.2 Å². The fraction of sp³-hybridized carbons (Fsp3) is 0. The maximum Gasteiger partial charge on any atom is 0.164 e. The van der Waals surface area contributed by atoms with E-state index in [9.17, 15) is 0 Å². The highest BCUT2D eigenvalue weighted by atomic mass is 15.0. The monoisotopic (exact) mass is 764 g/mol. The van der Waals surface area contributed by atoms with E-state index in [1.54, 1.807) is 0 Å². The summed E-state index contributed by atoms with van der Waals surface area (Å²) in [4.78, 5) is 20.4. The molecule has 4 heteroatoms. The van der Waals surface area contributed by atoms with Crippen LogP contribution in [0.4, 0.5) is 0 Å². The fourth-order valence-corrected chi connectivity index (χ4v) is 8.35. The smallest absolute Gasteiger partial charge is 0.164 e. The molecule has 0 N–H and O–H groups in total. The number of rotatable bonds is 7. The molecule has 0 aliphatic heterocycles. The zero-order valence-corrected chi connectivity index (χ0v) is 32.6. The minimum absolute atomic E-state index is 0.633. The van der Waals surface area contributed by atoms with Crippen LogP contribution < -0.4 is 0 Å². The Morgan fingerprint density at radius 1 is 0.250 bits per heavy atom. The second-order valence-corrected chi connectivity index (χ2v) is 15.0. The van der Waals surface area contributed by atoms with Gasteiger partial charge in [-0.25, -0.2) is 19.9 Å². The Morgan fingerprint density at radius 3 is 1.37 bits per heavy atom. The van der Waals surface area contributed by atoms with Crippen molar-refractivity contribution < 1.29 is 0 Å². The molecule has 0 saturated carbocycles. The number of benzene rings is 9. The predicted octanol–water partition coefficient (Wildman–Crippen LogP) is 14.4. The quantitative estimate of drug-likeness (QED) is 0.152. The first kappa shape index (κ1) is 35.1. The Kier molecular flexibility index (Phi) is 8.79. The van der Waals surface area contributed by atoms with Crippen LogP contribution in [0, 0.1) is 0 Å². The summed E-state index contributed by atoms with van der Waals surface area (Å²) >= 11 is 0. The summed E-state index contributed by atoms with van der Waals surface area (Å²) in [7, 11) is 0. The highest BCUT2D eigenvalue weighted by Gasteiger charge is 2.18. The molecule has 2 aromatic heterocycles. The fourth-order valence-electron chi connectivity index (χ4n) is 8.35. The van der Waals surface area contributed by atoms with Gasteiger partial charge < -0.3 is 0 Å². The van der Waals surface area contributed by atoms with Crippen LogP contribution in [0.2, 0.25) is 0 Å². The average molecular weight is 765 g/mol. The molecular weight excluding hydrogens is 729 g/mol. The van der Waals surface area contributed by atoms with Crippen LogP contribution in [0.3, 0.4) is 0 Å². The maximum atomic E-state index is 5.16. The van der Waals surface area contributed by atoms with Crippen LogP contribution in [-0.2, 0) is 0 Å². The Balaban J connectivity index is 1.01. The SMILES string of the molecule is c1ccc(-c2ccc(-c3nc(-c4ccccc4)nc(-c4ccc(-c5ccc(-c6cc(-c7ccccc7)nc7ccc8ccccc8c67)cc5)c5ccccc45)n3)cc2)cc1. The zero-order chi connectivity index (χ0) is 39.8. The normalized spacial score (nSPS) is 11.3. The standard InChI is InChI=1S/C56H36N4/c1-4-14-37(15-5-1)38-24-30-44(31-25-38)55-58-54(43-19-8-3-9-20-43)59-56(60-55)49-34-33-45(47-22-12-13-23-48(47)49)40-26-28-41(29-27-40)50-36-52(42-17-6-2-7-18-42)57-51-35-32-39-16-10-11-21-46(39)53(50)51/h1-36H. The van der Waals surface area contributed by atoms with Gasteiger partial charge in [-0.3, -0.25) is 0 Å². The van der Waals surface area contributed by atoms with E-state index in [4.69, 9.17) is 19.9 Å². The second-order valence-electron chi connectivity index (χ2n) is 15.0. The average Bonchev–Trinajstić information content (AvgIpc) is 3.34. The summed E-state index contributed by atoms with van der Waals surface area (Å²) in [5.74, 6) is 1.91. The molecular formula is C56H36N4. The molecule has 280 valence electrons. The van der Waals surface area contributed by atoms with Gasteiger partial charge in [0.1, 0.15) is 0 Å². The van der Waals surface area contributed by atoms with Crippen molar-refractivity contribution >= 4 is 32.4 Å². The summed E-state index contributed by atoms with van der Waals surface area (Å²) in [5.41, 5.74) is 12.8. The van der Waals surface area contributed by atoms with Crippen LogP contribution in [-0.4, -0.2) is 19.9 Å². The Morgan fingerprint density at radius 2 is 0.700 bits per heavy atom. The minimum atomic E-state index is 0.633. The number of fused-ring (bicyclic) bond motifs is 4. The Labute approximate surface area is 348 Å². The highest BCUT2D eigenvalue weighted by molar-refractivity contribution is 6.14. The largest absolute Gasteiger partial charge is 0.248 e. The van der Waals surface area contributed by atoms with Crippen LogP contribution >= 0.6 is 0 Å². The van der Waals surface area contributed by atoms with E-state index in [-0.39, 0.29) is 0 Å². The molecule has 4 nitrogen and oxygen atoms in total. The Bertz CT molecular complexity index is 3330. The lowest BCUT2D eigenvalue weighted by molar-refractivity contribution is 1.08. The lowest BCUT2D eigenvalue weighted by atomic mass is 9.91. The molecule has 0 amide bonds. The van der Waals surface area contributed by atoms with Crippen molar-refractivity contribution in [2.45, 2.75) is 0 Å². The summed E-state index contributed by atoms with van der Waals surface area (Å²) < 4.78 is 0. The van der Waals surface area contributed by atoms with Gasteiger partial charge in [0.25, 0.3) is 0 Å². The minimum Gasteiger partial charge on any atom is -0.248 e. The molecule has 0 aliphatic carbocycles. The van der Waals surface area contributed by atoms with E-state index in [2.05, 4.69) is 176 Å². The summed E-state index contributed by atoms with van der Waals surface area (Å²) in [6.07, 6.45) is 0. The van der Waals surface area contributed by atoms with Crippen molar-refractivity contribution in [3.63, 3.8) is 0 Å². The molecule has 0 atom stereocenters. The topological polar surface area (TPSA) is 51.6 Å². The first-order chi connectivity index (χ1) is 29.7. The molecule has 60 heavy (non-hydrogen) atoms. The van der Waals surface area contributed by atoms with Crippen molar-refractivity contribution in [2.75, 3.05) is 0 Å². The van der Waals surface area contributed by atoms with Gasteiger partial charge >= 0.3 is 0 Å². The number of hydrogen-bond donors (Lipinski definition) is 0. The molecule has 0 radical (unpaired) electrons. The third-order valence-electron chi connectivity index (χ3n) is 11.4. The van der Waals surface area contributed by atoms with E-state index in [1.165, 1.54) is 16.3 Å². The predicted molar refractivity (Wildman–Crippen MR) is 248 cm³/mol. The highest BCUT2D eigenvalue weighted by Crippen LogP contribution is 2.40. The van der Waals surface area contributed by atoms with Crippen molar-refractivity contribution in [1.82, 2.24) is 19.9 Å². The summed E-state index contributed by atoms with van der Waals surface area (Å²) in [6, 6.07) is 76.5. The van der Waals surface area contributed by atoms with Crippen LogP contribution in [0.1, 0.15) is 0 Å². The van der Waals surface area contributed by atoms with Crippen molar-refractivity contribution in [2.24, 2.45) is 0 Å². The van der Waals surface area contributed by atoms with Gasteiger partial charge in [0, 0.05) is 27.6 Å². The molecule has 0 saturated heterocycles. The lowest BCUT2D eigenvalue weighted by Crippen LogP contribution is -2.00. The first-order valence-electron chi connectivity index (χ1n) is 20.2. The lowest BCUT2D eigenvalue weighted by Gasteiger charge is -2.15. The van der Waals surface area contributed by atoms with Gasteiger partial charge in [-0.1, -0.05) is 200 Å². The molecule has 11 rings (SSSR count). The van der Waals surface area contributed by atoms with E-state index >= 15 is 0 Å². The molecule has 0 aliphatic rings. The summed E-state index contributed by atoms with van der Waals surface area (Å²) in [6.45, 7) is 0. The molecule has 2 heterocycles. The molecule has 0 spiro atoms. The molecule has 11 aromatic rings. The van der Waals surface area contributed by atoms with Crippen molar-refractivity contribution in [3.8, 4) is 78.8 Å². The van der Waals surface area contributed by atoms with Crippen LogP contribution in [0.25, 0.3) is 111 Å². The third kappa shape index (κ3) is 6.47. The van der Waals surface area contributed by atoms with Gasteiger partial charge in [0.15, 0.2) is 17.5 Å². The number of nitrogens with zero attached hydrogens (tertiary/aromatic N) is 4. The van der Waals surface area contributed by atoms with Crippen molar-refractivity contribution in [3.05, 3.63) is 218 Å². The molecule has 0 unspecified atom stereocenters. The first-order valence-corrected chi connectivity index (χ1v) is 20.2. The zero-order valence-electron chi connectivity index (χ0n) is 32.6. The van der Waals surface area contributed by atoms with Crippen LogP contribution in [0.5, 0.6) is 0 Å². The van der Waals surface area contributed by atoms with Gasteiger partial charge in [0.2, 0.25) is 0 Å². The third-order valence-corrected chi connectivity index (χ3v) is 11.4. The number of hydrogen-bond acceptors (Lipinski definition) is 4. The van der Waals surface area contributed by atoms with Gasteiger partial charge in [-0.05, 0) is 73.1 Å². The van der Waals surface area contributed by atoms with E-state index < -0.39 is 0 Å².